The third-order valence-electron chi connectivity index (χ3n) is 8.02. The Balaban J connectivity index is 1.54. The van der Waals surface area contributed by atoms with Crippen LogP contribution < -0.4 is 0 Å². The van der Waals surface area contributed by atoms with Crippen LogP contribution in [0.1, 0.15) is 61.5 Å². The van der Waals surface area contributed by atoms with E-state index in [0.717, 1.165) is 18.9 Å². The molecule has 2 heterocycles. The zero-order valence-electron chi connectivity index (χ0n) is 22.7. The average molecular weight is 585 g/mol. The Morgan fingerprint density at radius 2 is 1.88 bits per heavy atom. The number of fused-ring (bicyclic) bond motifs is 1. The first-order chi connectivity index (χ1) is 20.2. The van der Waals surface area contributed by atoms with Crippen molar-refractivity contribution in [2.45, 2.75) is 25.1 Å². The summed E-state index contributed by atoms with van der Waals surface area (Å²) >= 11 is 6.22. The number of carbonyl (C=O) groups excluding carboxylic acids is 2. The molecule has 1 aromatic heterocycles. The molecular weight excluding hydrogens is 559 g/mol. The maximum absolute atomic E-state index is 16.4. The van der Waals surface area contributed by atoms with Gasteiger partial charge < -0.3 is 14.4 Å². The van der Waals surface area contributed by atoms with E-state index in [1.165, 1.54) is 23.5 Å². The minimum Gasteiger partial charge on any atom is -0.396 e. The fourth-order valence-corrected chi connectivity index (χ4v) is 5.52. The van der Waals surface area contributed by atoms with E-state index >= 15 is 4.39 Å². The maximum Gasteiger partial charge on any atom is 0.257 e. The number of aliphatic hydroxyl groups excluding tert-OH is 1. The van der Waals surface area contributed by atoms with Crippen LogP contribution in [0.5, 0.6) is 0 Å². The van der Waals surface area contributed by atoms with E-state index in [1.54, 1.807) is 60.1 Å². The Morgan fingerprint density at radius 3 is 2.48 bits per heavy atom. The van der Waals surface area contributed by atoms with Gasteiger partial charge in [0, 0.05) is 41.4 Å². The number of aryl methyl sites for hydroxylation is 1. The number of imidazole rings is 1. The zero-order chi connectivity index (χ0) is 29.6. The Labute approximate surface area is 246 Å². The lowest BCUT2D eigenvalue weighted by Crippen LogP contribution is -2.48. The van der Waals surface area contributed by atoms with Crippen LogP contribution in [0.15, 0.2) is 73.2 Å². The molecule has 8 nitrogen and oxygen atoms in total. The van der Waals surface area contributed by atoms with E-state index in [2.05, 4.69) is 11.1 Å². The van der Waals surface area contributed by atoms with Crippen LogP contribution in [0.25, 0.3) is 0 Å². The molecule has 1 fully saturated rings. The third kappa shape index (κ3) is 4.68. The van der Waals surface area contributed by atoms with Gasteiger partial charge in [0.2, 0.25) is 5.78 Å². The summed E-state index contributed by atoms with van der Waals surface area (Å²) in [7, 11) is 1.72. The van der Waals surface area contributed by atoms with Gasteiger partial charge in [-0.2, -0.15) is 5.26 Å². The highest BCUT2D eigenvalue weighted by molar-refractivity contribution is 6.30. The lowest BCUT2D eigenvalue weighted by molar-refractivity contribution is -0.130. The van der Waals surface area contributed by atoms with Crippen LogP contribution >= 0.6 is 11.6 Å². The Hall–Kier alpha value is -4.36. The van der Waals surface area contributed by atoms with E-state index in [-0.39, 0.29) is 42.1 Å². The van der Waals surface area contributed by atoms with E-state index in [9.17, 15) is 20.0 Å². The molecule has 1 amide bonds. The van der Waals surface area contributed by atoms with Crippen LogP contribution in [-0.4, -0.2) is 44.5 Å². The number of nitriles is 1. The van der Waals surface area contributed by atoms with Gasteiger partial charge in [-0.3, -0.25) is 14.5 Å². The van der Waals surface area contributed by atoms with Crippen molar-refractivity contribution in [3.05, 3.63) is 123 Å². The van der Waals surface area contributed by atoms with Crippen molar-refractivity contribution in [2.24, 2.45) is 12.5 Å². The summed E-state index contributed by atoms with van der Waals surface area (Å²) < 4.78 is 24.7. The SMILES string of the molecule is Cn1cnc(C(=O)c2cc(F)c3c(c2)C(=O)N(Cc2ccc(C#N)cc2)[C@@]3(OCC2(CO)CC2)c2ccc(Cl)cc2)c1. The van der Waals surface area contributed by atoms with Gasteiger partial charge in [-0.25, -0.2) is 9.37 Å². The van der Waals surface area contributed by atoms with Gasteiger partial charge in [0.15, 0.2) is 5.72 Å². The molecule has 3 aromatic carbocycles. The van der Waals surface area contributed by atoms with Crippen molar-refractivity contribution in [3.8, 4) is 6.07 Å². The molecule has 0 radical (unpaired) electrons. The van der Waals surface area contributed by atoms with Crippen molar-refractivity contribution in [3.63, 3.8) is 0 Å². The molecule has 42 heavy (non-hydrogen) atoms. The quantitative estimate of drug-likeness (QED) is 0.279. The van der Waals surface area contributed by atoms with Crippen LogP contribution in [-0.2, 0) is 24.1 Å². The monoisotopic (exact) mass is 584 g/mol. The van der Waals surface area contributed by atoms with Gasteiger partial charge in [0.25, 0.3) is 5.91 Å². The predicted octanol–water partition coefficient (Wildman–Crippen LogP) is 4.96. The molecule has 0 saturated heterocycles. The number of halogens is 2. The van der Waals surface area contributed by atoms with Crippen molar-refractivity contribution in [1.29, 1.82) is 5.26 Å². The highest BCUT2D eigenvalue weighted by Crippen LogP contribution is 2.52. The highest BCUT2D eigenvalue weighted by atomic mass is 35.5. The smallest absolute Gasteiger partial charge is 0.257 e. The summed E-state index contributed by atoms with van der Waals surface area (Å²) in [5.41, 5.74) is -0.537. The number of rotatable bonds is 9. The normalized spacial score (nSPS) is 18.5. The molecule has 1 atom stereocenters. The highest BCUT2D eigenvalue weighted by Gasteiger charge is 2.56. The second-order valence-electron chi connectivity index (χ2n) is 10.9. The van der Waals surface area contributed by atoms with Crippen LogP contribution in [0, 0.1) is 22.6 Å². The molecule has 4 aromatic rings. The average Bonchev–Trinajstić information content (AvgIpc) is 3.59. The molecule has 0 unspecified atom stereocenters. The number of carbonyl (C=O) groups is 2. The minimum atomic E-state index is -1.73. The standard InChI is InChI=1S/C32H26ClFN4O4/c1-37-16-27(36-19-37)29(40)22-12-25-28(26(34)13-22)32(23-6-8-24(33)9-7-23,42-18-31(17-39)10-11-31)38(30(25)41)15-21-4-2-20(14-35)3-5-21/h2-9,12-13,16,19,39H,10-11,15,17-18H2,1H3/t32-/m1/s1. The van der Waals surface area contributed by atoms with Gasteiger partial charge in [0.05, 0.1) is 42.3 Å². The Kier molecular flexibility index (Phi) is 6.93. The summed E-state index contributed by atoms with van der Waals surface area (Å²) in [5.74, 6) is -1.84. The molecule has 1 saturated carbocycles. The van der Waals surface area contributed by atoms with E-state index < -0.39 is 28.6 Å². The number of aromatic nitrogens is 2. The number of amides is 1. The number of aliphatic hydroxyl groups is 1. The van der Waals surface area contributed by atoms with Gasteiger partial charge >= 0.3 is 0 Å². The first-order valence-corrected chi connectivity index (χ1v) is 13.8. The van der Waals surface area contributed by atoms with Gasteiger partial charge in [0.1, 0.15) is 11.5 Å². The van der Waals surface area contributed by atoms with Gasteiger partial charge in [-0.15, -0.1) is 0 Å². The number of hydrogen-bond acceptors (Lipinski definition) is 6. The molecule has 2 aliphatic rings. The maximum atomic E-state index is 16.4. The fourth-order valence-electron chi connectivity index (χ4n) is 5.39. The lowest BCUT2D eigenvalue weighted by atomic mass is 9.90. The molecule has 1 aliphatic heterocycles. The zero-order valence-corrected chi connectivity index (χ0v) is 23.4. The molecule has 212 valence electrons. The second-order valence-corrected chi connectivity index (χ2v) is 11.4. The molecule has 1 aliphatic carbocycles. The van der Waals surface area contributed by atoms with E-state index in [4.69, 9.17) is 16.3 Å². The molecule has 0 bridgehead atoms. The van der Waals surface area contributed by atoms with E-state index in [0.29, 0.717) is 21.7 Å². The third-order valence-corrected chi connectivity index (χ3v) is 8.28. The number of ketones is 1. The predicted molar refractivity (Wildman–Crippen MR) is 151 cm³/mol. The molecule has 10 heteroatoms. The second kappa shape index (κ2) is 10.5. The van der Waals surface area contributed by atoms with E-state index in [1.807, 2.05) is 0 Å². The van der Waals surface area contributed by atoms with Gasteiger partial charge in [-0.05, 0) is 54.8 Å². The van der Waals surface area contributed by atoms with Crippen molar-refractivity contribution in [2.75, 3.05) is 13.2 Å². The summed E-state index contributed by atoms with van der Waals surface area (Å²) in [5, 5.41) is 19.8. The fraction of sp³-hybridized carbons (Fsp3) is 0.250. The Morgan fingerprint density at radius 1 is 1.17 bits per heavy atom. The topological polar surface area (TPSA) is 108 Å². The minimum absolute atomic E-state index is 0.00767. The molecule has 6 rings (SSSR count). The summed E-state index contributed by atoms with van der Waals surface area (Å²) in [6.45, 7) is -0.0339. The lowest BCUT2D eigenvalue weighted by Gasteiger charge is -2.40. The van der Waals surface area contributed by atoms with Crippen molar-refractivity contribution in [1.82, 2.24) is 14.5 Å². The summed E-state index contributed by atoms with van der Waals surface area (Å²) in [4.78, 5) is 33.1. The first-order valence-electron chi connectivity index (χ1n) is 13.4. The summed E-state index contributed by atoms with van der Waals surface area (Å²) in [6.07, 6.45) is 4.46. The number of ether oxygens (including phenoxy) is 1. The van der Waals surface area contributed by atoms with Gasteiger partial charge in [-0.1, -0.05) is 35.9 Å². The number of hydrogen-bond donors (Lipinski definition) is 1. The molecule has 0 spiro atoms. The van der Waals surface area contributed by atoms with Crippen molar-refractivity contribution < 1.29 is 23.8 Å². The Bertz CT molecular complexity index is 1740. The van der Waals surface area contributed by atoms with Crippen LogP contribution in [0.2, 0.25) is 5.02 Å². The summed E-state index contributed by atoms with van der Waals surface area (Å²) in [6, 6.07) is 18.0. The molecular formula is C32H26ClFN4O4. The largest absolute Gasteiger partial charge is 0.396 e. The first kappa shape index (κ1) is 27.8. The number of benzene rings is 3. The molecule has 1 N–H and O–H groups in total. The van der Waals surface area contributed by atoms with Crippen molar-refractivity contribution >= 4 is 23.3 Å². The van der Waals surface area contributed by atoms with Crippen LogP contribution in [0.4, 0.5) is 4.39 Å². The van der Waals surface area contributed by atoms with Crippen LogP contribution in [0.3, 0.4) is 0 Å². The number of nitrogens with zero attached hydrogens (tertiary/aromatic N) is 4.